The molecule has 106 valence electrons. The van der Waals surface area contributed by atoms with E-state index in [1.54, 1.807) is 6.20 Å². The van der Waals surface area contributed by atoms with Gasteiger partial charge in [0.15, 0.2) is 5.78 Å². The van der Waals surface area contributed by atoms with Gasteiger partial charge in [-0.05, 0) is 19.1 Å². The first-order valence-electron chi connectivity index (χ1n) is 6.36. The topological polar surface area (TPSA) is 91.8 Å². The lowest BCUT2D eigenvalue weighted by atomic mass is 10.0. The van der Waals surface area contributed by atoms with Gasteiger partial charge in [0.05, 0.1) is 0 Å². The first-order valence-corrected chi connectivity index (χ1v) is 6.36. The lowest BCUT2D eigenvalue weighted by Gasteiger charge is -2.34. The lowest BCUT2D eigenvalue weighted by Crippen LogP contribution is -2.56. The van der Waals surface area contributed by atoms with E-state index in [2.05, 4.69) is 4.98 Å². The van der Waals surface area contributed by atoms with Crippen molar-refractivity contribution in [2.75, 3.05) is 0 Å². The zero-order valence-corrected chi connectivity index (χ0v) is 10.8. The summed E-state index contributed by atoms with van der Waals surface area (Å²) in [6, 6.07) is 7.50. The molecule has 2 aromatic rings. The number of fused-ring (bicyclic) bond motifs is 1. The number of ether oxygens (including phenoxy) is 2. The summed E-state index contributed by atoms with van der Waals surface area (Å²) in [6.45, 7) is 1.52. The van der Waals surface area contributed by atoms with Crippen LogP contribution in [0.5, 0.6) is 5.75 Å². The monoisotopic (exact) mass is 277 g/mol. The van der Waals surface area contributed by atoms with Crippen LogP contribution in [0, 0.1) is 0 Å². The van der Waals surface area contributed by atoms with E-state index in [4.69, 9.17) is 9.47 Å². The molecule has 6 heteroatoms. The van der Waals surface area contributed by atoms with Gasteiger partial charge in [0, 0.05) is 17.1 Å². The van der Waals surface area contributed by atoms with Crippen molar-refractivity contribution in [3.63, 3.8) is 0 Å². The van der Waals surface area contributed by atoms with Crippen molar-refractivity contribution in [2.24, 2.45) is 0 Å². The normalized spacial score (nSPS) is 30.6. The maximum absolute atomic E-state index is 11.5. The van der Waals surface area contributed by atoms with Crippen molar-refractivity contribution in [3.05, 3.63) is 30.5 Å². The molecule has 20 heavy (non-hydrogen) atoms. The molecule has 1 aromatic carbocycles. The van der Waals surface area contributed by atoms with Crippen LogP contribution in [0.25, 0.3) is 10.9 Å². The molecule has 1 aromatic heterocycles. The third kappa shape index (κ3) is 2.07. The Hall–Kier alpha value is -1.89. The van der Waals surface area contributed by atoms with Crippen LogP contribution in [-0.4, -0.2) is 45.6 Å². The standard InChI is InChI=1S/C14H15NO5/c1-7-11(16)12(17)13(18)14(19-7)20-10-6-15-9-5-3-2-4-8(9)10/h2-7,12-15,17-18H,1H3/t7-,12+,13-,14+/m1/s1. The highest BCUT2D eigenvalue weighted by molar-refractivity contribution is 5.88. The Morgan fingerprint density at radius 1 is 1.30 bits per heavy atom. The SMILES string of the molecule is C[C@H]1O[C@@H](Oc2c[nH]c3ccccc23)[C@H](O)[C@@H](O)C1=O. The van der Waals surface area contributed by atoms with Gasteiger partial charge in [0.25, 0.3) is 0 Å². The molecule has 0 aliphatic carbocycles. The fourth-order valence-corrected chi connectivity index (χ4v) is 2.27. The number of aliphatic hydroxyl groups is 2. The largest absolute Gasteiger partial charge is 0.460 e. The number of para-hydroxylation sites is 1. The fourth-order valence-electron chi connectivity index (χ4n) is 2.27. The summed E-state index contributed by atoms with van der Waals surface area (Å²) in [5, 5.41) is 20.4. The van der Waals surface area contributed by atoms with E-state index in [9.17, 15) is 15.0 Å². The Morgan fingerprint density at radius 3 is 2.85 bits per heavy atom. The second-order valence-electron chi connectivity index (χ2n) is 4.80. The highest BCUT2D eigenvalue weighted by Gasteiger charge is 2.43. The number of carbonyl (C=O) groups excluding carboxylic acids is 1. The van der Waals surface area contributed by atoms with E-state index in [-0.39, 0.29) is 0 Å². The van der Waals surface area contributed by atoms with E-state index >= 15 is 0 Å². The number of aliphatic hydroxyl groups excluding tert-OH is 2. The second-order valence-corrected chi connectivity index (χ2v) is 4.80. The van der Waals surface area contributed by atoms with Gasteiger partial charge >= 0.3 is 0 Å². The van der Waals surface area contributed by atoms with Crippen LogP contribution in [0.4, 0.5) is 0 Å². The van der Waals surface area contributed by atoms with Gasteiger partial charge in [-0.1, -0.05) is 12.1 Å². The van der Waals surface area contributed by atoms with Gasteiger partial charge in [-0.2, -0.15) is 0 Å². The Labute approximate surface area is 114 Å². The summed E-state index contributed by atoms with van der Waals surface area (Å²) < 4.78 is 10.9. The molecule has 0 bridgehead atoms. The van der Waals surface area contributed by atoms with Crippen molar-refractivity contribution in [1.29, 1.82) is 0 Å². The molecule has 0 unspecified atom stereocenters. The summed E-state index contributed by atoms with van der Waals surface area (Å²) in [6.07, 6.45) is -3.16. The number of aromatic nitrogens is 1. The minimum atomic E-state index is -1.49. The van der Waals surface area contributed by atoms with Gasteiger partial charge in [-0.3, -0.25) is 4.79 Å². The molecule has 6 nitrogen and oxygen atoms in total. The number of benzene rings is 1. The number of Topliss-reactive ketones (excluding diaryl/α,β-unsaturated/α-hetero) is 1. The molecular weight excluding hydrogens is 262 g/mol. The molecule has 1 aliphatic heterocycles. The quantitative estimate of drug-likeness (QED) is 0.747. The number of hydrogen-bond acceptors (Lipinski definition) is 5. The summed E-state index contributed by atoms with van der Waals surface area (Å²) in [4.78, 5) is 14.5. The predicted molar refractivity (Wildman–Crippen MR) is 70.3 cm³/mol. The molecule has 4 atom stereocenters. The van der Waals surface area contributed by atoms with E-state index < -0.39 is 30.4 Å². The van der Waals surface area contributed by atoms with Crippen molar-refractivity contribution in [3.8, 4) is 5.75 Å². The summed E-state index contributed by atoms with van der Waals surface area (Å²) in [7, 11) is 0. The zero-order valence-electron chi connectivity index (χ0n) is 10.8. The van der Waals surface area contributed by atoms with E-state index in [1.165, 1.54) is 6.92 Å². The van der Waals surface area contributed by atoms with Crippen molar-refractivity contribution in [1.82, 2.24) is 4.98 Å². The molecule has 0 spiro atoms. The van der Waals surface area contributed by atoms with Crippen LogP contribution in [0.2, 0.25) is 0 Å². The molecule has 1 aliphatic rings. The van der Waals surface area contributed by atoms with Crippen molar-refractivity contribution >= 4 is 16.7 Å². The molecule has 0 amide bonds. The van der Waals surface area contributed by atoms with Gasteiger partial charge in [-0.15, -0.1) is 0 Å². The van der Waals surface area contributed by atoms with E-state index in [1.807, 2.05) is 24.3 Å². The van der Waals surface area contributed by atoms with Crippen LogP contribution in [0.15, 0.2) is 30.5 Å². The number of nitrogens with one attached hydrogen (secondary N) is 1. The third-order valence-corrected chi connectivity index (χ3v) is 3.43. The highest BCUT2D eigenvalue weighted by Crippen LogP contribution is 2.28. The van der Waals surface area contributed by atoms with Gasteiger partial charge < -0.3 is 24.7 Å². The maximum atomic E-state index is 11.5. The summed E-state index contributed by atoms with van der Waals surface area (Å²) >= 11 is 0. The van der Waals surface area contributed by atoms with Crippen LogP contribution in [-0.2, 0) is 9.53 Å². The van der Waals surface area contributed by atoms with Gasteiger partial charge in [-0.25, -0.2) is 0 Å². The smallest absolute Gasteiger partial charge is 0.229 e. The summed E-state index contributed by atoms with van der Waals surface area (Å²) in [5.41, 5.74) is 0.887. The first kappa shape index (κ1) is 13.1. The number of hydrogen-bond donors (Lipinski definition) is 3. The minimum Gasteiger partial charge on any atom is -0.460 e. The molecule has 2 heterocycles. The van der Waals surface area contributed by atoms with Crippen LogP contribution in [0.3, 0.4) is 0 Å². The number of carbonyl (C=O) groups is 1. The van der Waals surface area contributed by atoms with Gasteiger partial charge in [0.2, 0.25) is 6.29 Å². The highest BCUT2D eigenvalue weighted by atomic mass is 16.7. The average Bonchev–Trinajstić information content (AvgIpc) is 2.86. The Morgan fingerprint density at radius 2 is 2.05 bits per heavy atom. The van der Waals surface area contributed by atoms with Gasteiger partial charge in [0.1, 0.15) is 24.1 Å². The fraction of sp³-hybridized carbons (Fsp3) is 0.357. The molecule has 1 fully saturated rings. The Balaban J connectivity index is 1.85. The Kier molecular flexibility index (Phi) is 3.21. The van der Waals surface area contributed by atoms with E-state index in [0.717, 1.165) is 10.9 Å². The van der Waals surface area contributed by atoms with Crippen molar-refractivity contribution in [2.45, 2.75) is 31.5 Å². The maximum Gasteiger partial charge on any atom is 0.229 e. The predicted octanol–water partition coefficient (Wildman–Crippen LogP) is 0.582. The lowest BCUT2D eigenvalue weighted by molar-refractivity contribution is -0.222. The van der Waals surface area contributed by atoms with Crippen LogP contribution in [0.1, 0.15) is 6.92 Å². The molecule has 3 rings (SSSR count). The number of ketones is 1. The number of aromatic amines is 1. The molecule has 3 N–H and O–H groups in total. The second kappa shape index (κ2) is 4.90. The molecule has 0 saturated carbocycles. The minimum absolute atomic E-state index is 0.499. The van der Waals surface area contributed by atoms with Crippen molar-refractivity contribution < 1.29 is 24.5 Å². The molecule has 0 radical (unpaired) electrons. The molecular formula is C14H15NO5. The third-order valence-electron chi connectivity index (χ3n) is 3.43. The van der Waals surface area contributed by atoms with E-state index in [0.29, 0.717) is 5.75 Å². The summed E-state index contributed by atoms with van der Waals surface area (Å²) in [5.74, 6) is -0.0466. The zero-order chi connectivity index (χ0) is 14.3. The first-order chi connectivity index (χ1) is 9.58. The van der Waals surface area contributed by atoms with Crippen LogP contribution >= 0.6 is 0 Å². The average molecular weight is 277 g/mol. The Bertz CT molecular complexity index is 637. The van der Waals surface area contributed by atoms with Crippen LogP contribution < -0.4 is 4.74 Å². The number of rotatable bonds is 2. The molecule has 1 saturated heterocycles. The number of H-pyrrole nitrogens is 1.